The van der Waals surface area contributed by atoms with Gasteiger partial charge in [-0.25, -0.2) is 0 Å². The standard InChI is InChI=1S/C9H9NO5.C7H7NO4/c1-6(11)15-5-7-2-3-9(12)8(4-7)10(13)14;9-4-5-1-2-7(10)6(3-5)8(11)12/h2-4,12H,5H2,1H3;1-3,9-10H,4H2. The SMILES string of the molecule is CC(=O)OCc1ccc(O)c([N+](=O)[O-])c1.O=[N+]([O-])c1cc(CO)ccc1O. The Labute approximate surface area is 152 Å². The monoisotopic (exact) mass is 380 g/mol. The highest BCUT2D eigenvalue weighted by Crippen LogP contribution is 2.27. The van der Waals surface area contributed by atoms with E-state index in [4.69, 9.17) is 15.3 Å². The molecule has 0 aromatic heterocycles. The lowest BCUT2D eigenvalue weighted by Crippen LogP contribution is -1.99. The zero-order valence-electron chi connectivity index (χ0n) is 14.1. The van der Waals surface area contributed by atoms with Crippen molar-refractivity contribution in [1.82, 2.24) is 0 Å². The number of nitro groups is 2. The van der Waals surface area contributed by atoms with Crippen molar-refractivity contribution in [3.63, 3.8) is 0 Å². The number of carbonyl (C=O) groups is 1. The van der Waals surface area contributed by atoms with Crippen molar-refractivity contribution >= 4 is 17.3 Å². The molecule has 0 heterocycles. The van der Waals surface area contributed by atoms with Gasteiger partial charge in [-0.05, 0) is 23.3 Å². The Bertz CT molecular complexity index is 852. The molecule has 0 saturated carbocycles. The number of phenolic OH excluding ortho intramolecular Hbond substituents is 2. The molecule has 0 unspecified atom stereocenters. The summed E-state index contributed by atoms with van der Waals surface area (Å²) in [6.07, 6.45) is 0. The molecular weight excluding hydrogens is 364 g/mol. The number of benzene rings is 2. The van der Waals surface area contributed by atoms with E-state index in [0.717, 1.165) is 12.1 Å². The molecule has 0 radical (unpaired) electrons. The van der Waals surface area contributed by atoms with E-state index >= 15 is 0 Å². The van der Waals surface area contributed by atoms with Crippen LogP contribution in [0.1, 0.15) is 18.1 Å². The van der Waals surface area contributed by atoms with Gasteiger partial charge in [0, 0.05) is 19.1 Å². The molecule has 144 valence electrons. The summed E-state index contributed by atoms with van der Waals surface area (Å²) in [6.45, 7) is 0.923. The highest BCUT2D eigenvalue weighted by atomic mass is 16.6. The fraction of sp³-hybridized carbons (Fsp3) is 0.188. The molecule has 0 bridgehead atoms. The second kappa shape index (κ2) is 9.68. The average Bonchev–Trinajstić information content (AvgIpc) is 2.61. The largest absolute Gasteiger partial charge is 0.502 e. The van der Waals surface area contributed by atoms with E-state index in [9.17, 15) is 25.0 Å². The Morgan fingerprint density at radius 1 is 0.963 bits per heavy atom. The minimum atomic E-state index is -0.702. The third kappa shape index (κ3) is 6.59. The van der Waals surface area contributed by atoms with Gasteiger partial charge >= 0.3 is 17.3 Å². The van der Waals surface area contributed by atoms with Crippen molar-refractivity contribution in [3.05, 3.63) is 67.8 Å². The lowest BCUT2D eigenvalue weighted by Gasteiger charge is -2.02. The summed E-state index contributed by atoms with van der Waals surface area (Å²) >= 11 is 0. The van der Waals surface area contributed by atoms with Gasteiger partial charge in [0.25, 0.3) is 0 Å². The topological polar surface area (TPSA) is 173 Å². The van der Waals surface area contributed by atoms with Gasteiger partial charge in [-0.2, -0.15) is 0 Å². The van der Waals surface area contributed by atoms with Crippen molar-refractivity contribution in [2.45, 2.75) is 20.1 Å². The summed E-state index contributed by atoms with van der Waals surface area (Å²) in [5, 5.41) is 47.4. The number of carbonyl (C=O) groups excluding carboxylic acids is 1. The quantitative estimate of drug-likeness (QED) is 0.399. The molecule has 0 aliphatic carbocycles. The van der Waals surface area contributed by atoms with E-state index in [1.807, 2.05) is 0 Å². The van der Waals surface area contributed by atoms with E-state index in [2.05, 4.69) is 4.74 Å². The Morgan fingerprint density at radius 3 is 1.81 bits per heavy atom. The van der Waals surface area contributed by atoms with Gasteiger partial charge in [0.05, 0.1) is 16.5 Å². The van der Waals surface area contributed by atoms with Gasteiger partial charge in [0.2, 0.25) is 0 Å². The van der Waals surface area contributed by atoms with Crippen LogP contribution in [0, 0.1) is 20.2 Å². The van der Waals surface area contributed by atoms with Crippen molar-refractivity contribution in [1.29, 1.82) is 0 Å². The van der Waals surface area contributed by atoms with Crippen LogP contribution in [0.5, 0.6) is 11.5 Å². The molecule has 0 aliphatic rings. The van der Waals surface area contributed by atoms with Gasteiger partial charge in [-0.15, -0.1) is 0 Å². The number of ether oxygens (including phenoxy) is 1. The molecule has 3 N–H and O–H groups in total. The number of aromatic hydroxyl groups is 2. The molecule has 2 aromatic carbocycles. The molecule has 27 heavy (non-hydrogen) atoms. The summed E-state index contributed by atoms with van der Waals surface area (Å²) in [6, 6.07) is 7.54. The van der Waals surface area contributed by atoms with E-state index in [1.54, 1.807) is 0 Å². The smallest absolute Gasteiger partial charge is 0.311 e. The predicted molar refractivity (Wildman–Crippen MR) is 90.9 cm³/mol. The zero-order valence-corrected chi connectivity index (χ0v) is 14.1. The van der Waals surface area contributed by atoms with Crippen molar-refractivity contribution < 1.29 is 34.7 Å². The van der Waals surface area contributed by atoms with Gasteiger partial charge in [-0.1, -0.05) is 12.1 Å². The predicted octanol–water partition coefficient (Wildman–Crippen LogP) is 2.16. The number of nitrogens with zero attached hydrogens (tertiary/aromatic N) is 2. The molecule has 0 spiro atoms. The Morgan fingerprint density at radius 2 is 1.41 bits per heavy atom. The Hall–Kier alpha value is -3.73. The molecule has 11 heteroatoms. The first-order valence-corrected chi connectivity index (χ1v) is 7.32. The molecule has 0 amide bonds. The van der Waals surface area contributed by atoms with Crippen molar-refractivity contribution in [2.75, 3.05) is 0 Å². The van der Waals surface area contributed by atoms with E-state index in [1.165, 1.54) is 31.2 Å². The number of aliphatic hydroxyl groups excluding tert-OH is 1. The second-order valence-electron chi connectivity index (χ2n) is 5.10. The molecular formula is C16H16N2O9. The minimum absolute atomic E-state index is 0.0452. The number of nitro benzene ring substituents is 2. The Balaban J connectivity index is 0.000000277. The maximum absolute atomic E-state index is 10.5. The maximum atomic E-state index is 10.5. The Kier molecular flexibility index (Phi) is 7.64. The number of aliphatic hydroxyl groups is 1. The third-order valence-corrected chi connectivity index (χ3v) is 3.10. The number of hydrogen-bond acceptors (Lipinski definition) is 9. The van der Waals surface area contributed by atoms with Crippen LogP contribution in [-0.4, -0.2) is 31.1 Å². The van der Waals surface area contributed by atoms with Crippen LogP contribution in [0.25, 0.3) is 0 Å². The fourth-order valence-corrected chi connectivity index (χ4v) is 1.80. The summed E-state index contributed by atoms with van der Waals surface area (Å²) in [5.41, 5.74) is 0.0652. The first-order chi connectivity index (χ1) is 12.6. The highest BCUT2D eigenvalue weighted by Gasteiger charge is 2.14. The lowest BCUT2D eigenvalue weighted by molar-refractivity contribution is -0.386. The average molecular weight is 380 g/mol. The van der Waals surface area contributed by atoms with Crippen LogP contribution in [-0.2, 0) is 22.7 Å². The molecule has 11 nitrogen and oxygen atoms in total. The molecule has 0 aliphatic heterocycles. The molecule has 0 saturated heterocycles. The maximum Gasteiger partial charge on any atom is 0.311 e. The molecule has 2 aromatic rings. The van der Waals surface area contributed by atoms with Gasteiger partial charge in [0.15, 0.2) is 11.5 Å². The number of hydrogen-bond donors (Lipinski definition) is 3. The van der Waals surface area contributed by atoms with E-state index in [-0.39, 0.29) is 18.9 Å². The molecule has 0 atom stereocenters. The first-order valence-electron chi connectivity index (χ1n) is 7.32. The van der Waals surface area contributed by atoms with Gasteiger partial charge < -0.3 is 20.1 Å². The third-order valence-electron chi connectivity index (χ3n) is 3.10. The lowest BCUT2D eigenvalue weighted by atomic mass is 10.2. The number of esters is 1. The summed E-state index contributed by atoms with van der Waals surface area (Å²) in [7, 11) is 0. The van der Waals surface area contributed by atoms with Crippen LogP contribution < -0.4 is 0 Å². The summed E-state index contributed by atoms with van der Waals surface area (Å²) < 4.78 is 4.66. The van der Waals surface area contributed by atoms with E-state index < -0.39 is 33.0 Å². The first kappa shape index (κ1) is 21.3. The van der Waals surface area contributed by atoms with Crippen LogP contribution in [0.15, 0.2) is 36.4 Å². The van der Waals surface area contributed by atoms with Crippen LogP contribution >= 0.6 is 0 Å². The normalized spacial score (nSPS) is 9.70. The highest BCUT2D eigenvalue weighted by molar-refractivity contribution is 5.66. The van der Waals surface area contributed by atoms with E-state index in [0.29, 0.717) is 11.1 Å². The van der Waals surface area contributed by atoms with Gasteiger partial charge in [-0.3, -0.25) is 25.0 Å². The van der Waals surface area contributed by atoms with Crippen LogP contribution in [0.3, 0.4) is 0 Å². The second-order valence-corrected chi connectivity index (χ2v) is 5.10. The molecule has 2 rings (SSSR count). The van der Waals surface area contributed by atoms with Gasteiger partial charge in [0.1, 0.15) is 6.61 Å². The zero-order chi connectivity index (χ0) is 20.6. The number of rotatable bonds is 5. The van der Waals surface area contributed by atoms with Crippen LogP contribution in [0.4, 0.5) is 11.4 Å². The number of phenols is 2. The van der Waals surface area contributed by atoms with Crippen molar-refractivity contribution in [3.8, 4) is 11.5 Å². The summed E-state index contributed by atoms with van der Waals surface area (Å²) in [5.74, 6) is -1.27. The van der Waals surface area contributed by atoms with Crippen LogP contribution in [0.2, 0.25) is 0 Å². The summed E-state index contributed by atoms with van der Waals surface area (Å²) in [4.78, 5) is 29.8. The fourth-order valence-electron chi connectivity index (χ4n) is 1.80. The minimum Gasteiger partial charge on any atom is -0.502 e. The van der Waals surface area contributed by atoms with Crippen molar-refractivity contribution in [2.24, 2.45) is 0 Å². The molecule has 0 fully saturated rings.